The number of hydrogen-bond acceptors (Lipinski definition) is 4. The summed E-state index contributed by atoms with van der Waals surface area (Å²) >= 11 is 5.18. The van der Waals surface area contributed by atoms with Crippen LogP contribution in [0.1, 0.15) is 5.56 Å². The van der Waals surface area contributed by atoms with Crippen LogP contribution in [-0.2, 0) is 12.3 Å². The number of thioether (sulfide) groups is 1. The lowest BCUT2D eigenvalue weighted by Crippen LogP contribution is -2.00. The van der Waals surface area contributed by atoms with Crippen LogP contribution in [0.3, 0.4) is 0 Å². The molecule has 0 bridgehead atoms. The minimum absolute atomic E-state index is 0.672. The second kappa shape index (κ2) is 8.36. The molecule has 0 radical (unpaired) electrons. The van der Waals surface area contributed by atoms with E-state index < -0.39 is 0 Å². The van der Waals surface area contributed by atoms with Crippen molar-refractivity contribution in [3.8, 4) is 17.1 Å². The van der Waals surface area contributed by atoms with Gasteiger partial charge in [0.05, 0.1) is 11.6 Å². The van der Waals surface area contributed by atoms with Crippen molar-refractivity contribution in [2.75, 3.05) is 7.11 Å². The lowest BCUT2D eigenvalue weighted by molar-refractivity contribution is 0.412. The summed E-state index contributed by atoms with van der Waals surface area (Å²) in [5.41, 5.74) is 2.24. The molecule has 25 heavy (non-hydrogen) atoms. The van der Waals surface area contributed by atoms with Crippen LogP contribution >= 0.6 is 27.7 Å². The molecule has 0 atom stereocenters. The van der Waals surface area contributed by atoms with E-state index in [1.54, 1.807) is 18.9 Å². The number of hydrogen-bond donors (Lipinski definition) is 0. The van der Waals surface area contributed by atoms with Gasteiger partial charge >= 0.3 is 0 Å². The standard InChI is InChI=1S/C19H18BrN3OS/c1-3-11-23-18(15-7-5-4-6-8-15)21-22-19(23)25-13-14-9-10-17(24-2)16(20)12-14/h3-10,12H,1,11,13H2,2H3. The lowest BCUT2D eigenvalue weighted by atomic mass is 10.2. The number of halogens is 1. The van der Waals surface area contributed by atoms with E-state index >= 15 is 0 Å². The van der Waals surface area contributed by atoms with Gasteiger partial charge in [-0.2, -0.15) is 0 Å². The fourth-order valence-corrected chi connectivity index (χ4v) is 3.92. The van der Waals surface area contributed by atoms with Crippen LogP contribution in [0.2, 0.25) is 0 Å². The molecule has 0 N–H and O–H groups in total. The van der Waals surface area contributed by atoms with Crippen molar-refractivity contribution < 1.29 is 4.74 Å². The van der Waals surface area contributed by atoms with E-state index in [-0.39, 0.29) is 0 Å². The minimum atomic E-state index is 0.672. The van der Waals surface area contributed by atoms with Crippen LogP contribution in [0, 0.1) is 0 Å². The molecular formula is C19H18BrN3OS. The molecule has 0 saturated carbocycles. The Morgan fingerprint density at radius 2 is 2.00 bits per heavy atom. The summed E-state index contributed by atoms with van der Waals surface area (Å²) in [5, 5.41) is 9.63. The maximum atomic E-state index is 5.27. The largest absolute Gasteiger partial charge is 0.496 e. The zero-order chi connectivity index (χ0) is 17.6. The van der Waals surface area contributed by atoms with E-state index in [1.165, 1.54) is 5.56 Å². The second-order valence-electron chi connectivity index (χ2n) is 5.33. The van der Waals surface area contributed by atoms with Crippen molar-refractivity contribution in [1.29, 1.82) is 0 Å². The molecule has 3 aromatic rings. The molecule has 0 saturated heterocycles. The Labute approximate surface area is 160 Å². The summed E-state index contributed by atoms with van der Waals surface area (Å²) in [6, 6.07) is 16.2. The molecule has 0 amide bonds. The molecule has 2 aromatic carbocycles. The molecule has 0 aliphatic carbocycles. The first-order valence-corrected chi connectivity index (χ1v) is 9.55. The number of allylic oxidation sites excluding steroid dienone is 1. The van der Waals surface area contributed by atoms with E-state index in [4.69, 9.17) is 4.74 Å². The summed E-state index contributed by atoms with van der Waals surface area (Å²) in [6.45, 7) is 4.53. The molecular weight excluding hydrogens is 398 g/mol. The molecule has 1 heterocycles. The van der Waals surface area contributed by atoms with Gasteiger partial charge in [-0.3, -0.25) is 4.57 Å². The number of rotatable bonds is 7. The average Bonchev–Trinajstić information content (AvgIpc) is 3.04. The normalized spacial score (nSPS) is 10.6. The van der Waals surface area contributed by atoms with Gasteiger partial charge in [0.1, 0.15) is 5.75 Å². The quantitative estimate of drug-likeness (QED) is 0.392. The third-order valence-electron chi connectivity index (χ3n) is 3.64. The summed E-state index contributed by atoms with van der Waals surface area (Å²) < 4.78 is 8.31. The first-order chi connectivity index (χ1) is 12.2. The highest BCUT2D eigenvalue weighted by molar-refractivity contribution is 9.10. The number of methoxy groups -OCH3 is 1. The van der Waals surface area contributed by atoms with E-state index in [1.807, 2.05) is 42.5 Å². The van der Waals surface area contributed by atoms with E-state index in [2.05, 4.69) is 49.4 Å². The van der Waals surface area contributed by atoms with Gasteiger partial charge in [0.25, 0.3) is 0 Å². The maximum Gasteiger partial charge on any atom is 0.192 e. The molecule has 0 aliphatic rings. The van der Waals surface area contributed by atoms with Crippen LogP contribution < -0.4 is 4.74 Å². The monoisotopic (exact) mass is 415 g/mol. The number of nitrogens with zero attached hydrogens (tertiary/aromatic N) is 3. The molecule has 0 unspecified atom stereocenters. The van der Waals surface area contributed by atoms with Gasteiger partial charge < -0.3 is 4.74 Å². The third kappa shape index (κ3) is 4.14. The second-order valence-corrected chi connectivity index (χ2v) is 7.13. The Hall–Kier alpha value is -2.05. The minimum Gasteiger partial charge on any atom is -0.496 e. The Bertz CT molecular complexity index is 864. The number of ether oxygens (including phenoxy) is 1. The van der Waals surface area contributed by atoms with Gasteiger partial charge in [-0.15, -0.1) is 16.8 Å². The number of aromatic nitrogens is 3. The predicted molar refractivity (Wildman–Crippen MR) is 106 cm³/mol. The molecule has 1 aromatic heterocycles. The summed E-state index contributed by atoms with van der Waals surface area (Å²) in [7, 11) is 1.66. The Balaban J connectivity index is 1.82. The highest BCUT2D eigenvalue weighted by Crippen LogP contribution is 2.30. The van der Waals surface area contributed by atoms with Crippen molar-refractivity contribution in [2.24, 2.45) is 0 Å². The van der Waals surface area contributed by atoms with Crippen molar-refractivity contribution >= 4 is 27.7 Å². The highest BCUT2D eigenvalue weighted by atomic mass is 79.9. The van der Waals surface area contributed by atoms with Gasteiger partial charge in [0.15, 0.2) is 11.0 Å². The van der Waals surface area contributed by atoms with E-state index in [9.17, 15) is 0 Å². The van der Waals surface area contributed by atoms with Crippen LogP contribution in [0.4, 0.5) is 0 Å². The Morgan fingerprint density at radius 1 is 1.20 bits per heavy atom. The fourth-order valence-electron chi connectivity index (χ4n) is 2.44. The molecule has 4 nitrogen and oxygen atoms in total. The van der Waals surface area contributed by atoms with E-state index in [0.717, 1.165) is 32.5 Å². The van der Waals surface area contributed by atoms with Gasteiger partial charge in [0, 0.05) is 17.9 Å². The van der Waals surface area contributed by atoms with Crippen LogP contribution in [0.15, 0.2) is 70.8 Å². The maximum absolute atomic E-state index is 5.27. The highest BCUT2D eigenvalue weighted by Gasteiger charge is 2.13. The predicted octanol–water partition coefficient (Wildman–Crippen LogP) is 5.19. The lowest BCUT2D eigenvalue weighted by Gasteiger charge is -2.09. The zero-order valence-corrected chi connectivity index (χ0v) is 16.3. The van der Waals surface area contributed by atoms with Crippen LogP contribution in [-0.4, -0.2) is 21.9 Å². The Morgan fingerprint density at radius 3 is 2.68 bits per heavy atom. The van der Waals surface area contributed by atoms with Gasteiger partial charge in [0.2, 0.25) is 0 Å². The summed E-state index contributed by atoms with van der Waals surface area (Å²) in [6.07, 6.45) is 1.86. The van der Waals surface area contributed by atoms with Gasteiger partial charge in [-0.05, 0) is 33.6 Å². The third-order valence-corrected chi connectivity index (χ3v) is 5.30. The molecule has 128 valence electrons. The van der Waals surface area contributed by atoms with Gasteiger partial charge in [-0.1, -0.05) is 54.2 Å². The Kier molecular flexibility index (Phi) is 5.94. The topological polar surface area (TPSA) is 39.9 Å². The number of benzene rings is 2. The van der Waals surface area contributed by atoms with Crippen molar-refractivity contribution in [3.05, 3.63) is 71.2 Å². The molecule has 0 fully saturated rings. The zero-order valence-electron chi connectivity index (χ0n) is 13.9. The first kappa shape index (κ1) is 17.8. The molecule has 0 aliphatic heterocycles. The van der Waals surface area contributed by atoms with Crippen molar-refractivity contribution in [3.63, 3.8) is 0 Å². The fraction of sp³-hybridized carbons (Fsp3) is 0.158. The SMILES string of the molecule is C=CCn1c(SCc2ccc(OC)c(Br)c2)nnc1-c1ccccc1. The smallest absolute Gasteiger partial charge is 0.192 e. The summed E-state index contributed by atoms with van der Waals surface area (Å²) in [4.78, 5) is 0. The molecule has 3 rings (SSSR count). The summed E-state index contributed by atoms with van der Waals surface area (Å²) in [5.74, 6) is 2.49. The van der Waals surface area contributed by atoms with Crippen molar-refractivity contribution in [1.82, 2.24) is 14.8 Å². The molecule has 6 heteroatoms. The first-order valence-electron chi connectivity index (χ1n) is 7.77. The van der Waals surface area contributed by atoms with Gasteiger partial charge in [-0.25, -0.2) is 0 Å². The van der Waals surface area contributed by atoms with Crippen molar-refractivity contribution in [2.45, 2.75) is 17.5 Å². The van der Waals surface area contributed by atoms with Crippen LogP contribution in [0.5, 0.6) is 5.75 Å². The molecule has 0 spiro atoms. The van der Waals surface area contributed by atoms with Crippen LogP contribution in [0.25, 0.3) is 11.4 Å². The van der Waals surface area contributed by atoms with E-state index in [0.29, 0.717) is 6.54 Å². The average molecular weight is 416 g/mol.